The lowest BCUT2D eigenvalue weighted by atomic mass is 10.0. The summed E-state index contributed by atoms with van der Waals surface area (Å²) in [6.07, 6.45) is 2.37. The summed E-state index contributed by atoms with van der Waals surface area (Å²) < 4.78 is 5.69. The second-order valence-electron chi connectivity index (χ2n) is 7.72. The van der Waals surface area contributed by atoms with Crippen molar-refractivity contribution in [3.63, 3.8) is 0 Å². The molecule has 1 saturated heterocycles. The van der Waals surface area contributed by atoms with Crippen LogP contribution in [0.2, 0.25) is 5.02 Å². The van der Waals surface area contributed by atoms with Gasteiger partial charge in [-0.1, -0.05) is 43.6 Å². The van der Waals surface area contributed by atoms with Gasteiger partial charge in [-0.15, -0.1) is 0 Å². The van der Waals surface area contributed by atoms with Crippen LogP contribution in [-0.4, -0.2) is 37.0 Å². The molecule has 0 bridgehead atoms. The summed E-state index contributed by atoms with van der Waals surface area (Å²) in [6.45, 7) is 7.49. The van der Waals surface area contributed by atoms with Crippen molar-refractivity contribution in [3.05, 3.63) is 64.7 Å². The molecular weight excluding hydrogens is 372 g/mol. The minimum atomic E-state index is -0.0772. The molecule has 0 unspecified atom stereocenters. The van der Waals surface area contributed by atoms with Gasteiger partial charge in [-0.05, 0) is 67.7 Å². The van der Waals surface area contributed by atoms with Crippen molar-refractivity contribution in [2.75, 3.05) is 26.2 Å². The van der Waals surface area contributed by atoms with E-state index in [0.29, 0.717) is 24.6 Å². The van der Waals surface area contributed by atoms with Crippen LogP contribution >= 0.6 is 11.6 Å². The summed E-state index contributed by atoms with van der Waals surface area (Å²) in [6, 6.07) is 15.3. The topological polar surface area (TPSA) is 41.6 Å². The van der Waals surface area contributed by atoms with Gasteiger partial charge in [-0.2, -0.15) is 0 Å². The summed E-state index contributed by atoms with van der Waals surface area (Å²) in [5.41, 5.74) is 1.71. The van der Waals surface area contributed by atoms with Crippen molar-refractivity contribution in [2.24, 2.45) is 5.92 Å². The summed E-state index contributed by atoms with van der Waals surface area (Å²) in [5.74, 6) is 1.18. The molecule has 1 aliphatic rings. The number of halogens is 1. The van der Waals surface area contributed by atoms with Gasteiger partial charge in [0.2, 0.25) is 0 Å². The third-order valence-corrected chi connectivity index (χ3v) is 5.35. The minimum absolute atomic E-state index is 0.0772. The third-order valence-electron chi connectivity index (χ3n) is 5.00. The van der Waals surface area contributed by atoms with Crippen molar-refractivity contribution in [3.8, 4) is 5.75 Å². The van der Waals surface area contributed by atoms with E-state index in [1.807, 2.05) is 42.5 Å². The van der Waals surface area contributed by atoms with Gasteiger partial charge < -0.3 is 10.1 Å². The van der Waals surface area contributed by atoms with Crippen LogP contribution in [0.25, 0.3) is 0 Å². The predicted molar refractivity (Wildman–Crippen MR) is 114 cm³/mol. The van der Waals surface area contributed by atoms with Gasteiger partial charge in [0.05, 0.1) is 12.6 Å². The fourth-order valence-corrected chi connectivity index (χ4v) is 3.75. The molecule has 28 heavy (non-hydrogen) atoms. The Bertz CT molecular complexity index is 770. The number of carbonyl (C=O) groups excluding carboxylic acids is 1. The van der Waals surface area contributed by atoms with E-state index in [1.165, 1.54) is 12.8 Å². The first-order chi connectivity index (χ1) is 13.5. The number of benzene rings is 2. The van der Waals surface area contributed by atoms with Crippen LogP contribution in [0.4, 0.5) is 0 Å². The van der Waals surface area contributed by atoms with Crippen LogP contribution in [0.15, 0.2) is 48.5 Å². The number of rotatable bonds is 8. The Morgan fingerprint density at radius 1 is 1.11 bits per heavy atom. The van der Waals surface area contributed by atoms with Crippen LogP contribution in [0.1, 0.15) is 48.7 Å². The lowest BCUT2D eigenvalue weighted by Gasteiger charge is -2.29. The van der Waals surface area contributed by atoms with Gasteiger partial charge in [0.1, 0.15) is 5.75 Å². The summed E-state index contributed by atoms with van der Waals surface area (Å²) in [7, 11) is 0. The van der Waals surface area contributed by atoms with E-state index in [-0.39, 0.29) is 11.9 Å². The average Bonchev–Trinajstić information content (AvgIpc) is 3.22. The maximum atomic E-state index is 12.7. The maximum Gasteiger partial charge on any atom is 0.251 e. The Balaban J connectivity index is 1.64. The summed E-state index contributed by atoms with van der Waals surface area (Å²) in [4.78, 5) is 15.1. The molecule has 0 spiro atoms. The highest BCUT2D eigenvalue weighted by Gasteiger charge is 2.25. The average molecular weight is 401 g/mol. The predicted octanol–water partition coefficient (Wildman–Crippen LogP) is 4.94. The van der Waals surface area contributed by atoms with E-state index in [2.05, 4.69) is 30.1 Å². The number of hydrogen-bond donors (Lipinski definition) is 1. The fourth-order valence-electron chi connectivity index (χ4n) is 3.49. The van der Waals surface area contributed by atoms with Crippen LogP contribution in [-0.2, 0) is 0 Å². The van der Waals surface area contributed by atoms with Gasteiger partial charge in [0.25, 0.3) is 5.91 Å². The van der Waals surface area contributed by atoms with Gasteiger partial charge >= 0.3 is 0 Å². The molecule has 0 radical (unpaired) electrons. The first-order valence-electron chi connectivity index (χ1n) is 10.0. The normalized spacial score (nSPS) is 15.6. The monoisotopic (exact) mass is 400 g/mol. The molecule has 1 atom stereocenters. The summed E-state index contributed by atoms with van der Waals surface area (Å²) in [5, 5.41) is 3.84. The molecule has 1 N–H and O–H groups in total. The minimum Gasteiger partial charge on any atom is -0.493 e. The Hall–Kier alpha value is -2.04. The van der Waals surface area contributed by atoms with Gasteiger partial charge in [0.15, 0.2) is 0 Å². The molecule has 5 heteroatoms. The number of ether oxygens (including phenoxy) is 1. The number of nitrogens with one attached hydrogen (secondary N) is 1. The Morgan fingerprint density at radius 2 is 1.79 bits per heavy atom. The lowest BCUT2D eigenvalue weighted by molar-refractivity contribution is 0.0938. The number of nitrogens with zero attached hydrogens (tertiary/aromatic N) is 1. The highest BCUT2D eigenvalue weighted by molar-refractivity contribution is 6.31. The SMILES string of the molecule is CC(C)COc1ccc(C(=O)NC[C@@H](c2ccccc2Cl)N2CCCC2)cc1. The molecule has 1 heterocycles. The second kappa shape index (κ2) is 9.94. The molecule has 0 aliphatic carbocycles. The molecule has 0 aromatic heterocycles. The maximum absolute atomic E-state index is 12.7. The molecule has 1 amide bonds. The molecule has 4 nitrogen and oxygen atoms in total. The molecule has 2 aromatic carbocycles. The van der Waals surface area contributed by atoms with Crippen molar-refractivity contribution >= 4 is 17.5 Å². The highest BCUT2D eigenvalue weighted by Crippen LogP contribution is 2.29. The highest BCUT2D eigenvalue weighted by atomic mass is 35.5. The molecule has 2 aromatic rings. The molecule has 3 rings (SSSR count). The van der Waals surface area contributed by atoms with Crippen molar-refractivity contribution in [2.45, 2.75) is 32.7 Å². The van der Waals surface area contributed by atoms with Gasteiger partial charge in [0, 0.05) is 17.1 Å². The molecule has 1 fully saturated rings. The first kappa shape index (κ1) is 20.7. The third kappa shape index (κ3) is 5.49. The quantitative estimate of drug-likeness (QED) is 0.682. The second-order valence-corrected chi connectivity index (χ2v) is 8.13. The number of amides is 1. The van der Waals surface area contributed by atoms with E-state index < -0.39 is 0 Å². The standard InChI is InChI=1S/C23H29ClN2O2/c1-17(2)16-28-19-11-9-18(10-12-19)23(27)25-15-22(26-13-5-6-14-26)20-7-3-4-8-21(20)24/h3-4,7-12,17,22H,5-6,13-16H2,1-2H3,(H,25,27)/t22-/m0/s1. The number of likely N-dealkylation sites (tertiary alicyclic amines) is 1. The largest absolute Gasteiger partial charge is 0.493 e. The van der Waals surface area contributed by atoms with Crippen molar-refractivity contribution < 1.29 is 9.53 Å². The number of hydrogen-bond acceptors (Lipinski definition) is 3. The Morgan fingerprint density at radius 3 is 2.43 bits per heavy atom. The molecule has 150 valence electrons. The van der Waals surface area contributed by atoms with E-state index >= 15 is 0 Å². The zero-order chi connectivity index (χ0) is 19.9. The first-order valence-corrected chi connectivity index (χ1v) is 10.4. The smallest absolute Gasteiger partial charge is 0.251 e. The summed E-state index contributed by atoms with van der Waals surface area (Å²) >= 11 is 6.45. The zero-order valence-corrected chi connectivity index (χ0v) is 17.4. The Labute approximate surface area is 172 Å². The fraction of sp³-hybridized carbons (Fsp3) is 0.435. The molecule has 0 saturated carbocycles. The zero-order valence-electron chi connectivity index (χ0n) is 16.7. The van der Waals surface area contributed by atoms with E-state index in [0.717, 1.165) is 29.4 Å². The molecular formula is C23H29ClN2O2. The lowest BCUT2D eigenvalue weighted by Crippen LogP contribution is -2.37. The van der Waals surface area contributed by atoms with Gasteiger partial charge in [-0.25, -0.2) is 0 Å². The van der Waals surface area contributed by atoms with Crippen molar-refractivity contribution in [1.29, 1.82) is 0 Å². The van der Waals surface area contributed by atoms with E-state index in [4.69, 9.17) is 16.3 Å². The van der Waals surface area contributed by atoms with E-state index in [9.17, 15) is 4.79 Å². The van der Waals surface area contributed by atoms with Crippen LogP contribution in [0, 0.1) is 5.92 Å². The van der Waals surface area contributed by atoms with Crippen molar-refractivity contribution in [1.82, 2.24) is 10.2 Å². The molecule has 1 aliphatic heterocycles. The van der Waals surface area contributed by atoms with Crippen LogP contribution in [0.3, 0.4) is 0 Å². The Kier molecular flexibility index (Phi) is 7.35. The van der Waals surface area contributed by atoms with Crippen LogP contribution < -0.4 is 10.1 Å². The van der Waals surface area contributed by atoms with Crippen LogP contribution in [0.5, 0.6) is 5.75 Å². The van der Waals surface area contributed by atoms with Gasteiger partial charge in [-0.3, -0.25) is 9.69 Å². The van der Waals surface area contributed by atoms with E-state index in [1.54, 1.807) is 0 Å². The number of carbonyl (C=O) groups is 1.